The van der Waals surface area contributed by atoms with Crippen LogP contribution in [0.5, 0.6) is 5.75 Å². The lowest BCUT2D eigenvalue weighted by molar-refractivity contribution is -0.137. The second-order valence-corrected chi connectivity index (χ2v) is 7.21. The molecule has 27 heavy (non-hydrogen) atoms. The first-order chi connectivity index (χ1) is 12.6. The quantitative estimate of drug-likeness (QED) is 0.745. The molecule has 2 aromatic carbocycles. The van der Waals surface area contributed by atoms with Crippen LogP contribution in [0, 0.1) is 0 Å². The van der Waals surface area contributed by atoms with Gasteiger partial charge in [0.15, 0.2) is 0 Å². The van der Waals surface area contributed by atoms with Gasteiger partial charge in [-0.15, -0.1) is 0 Å². The van der Waals surface area contributed by atoms with E-state index in [4.69, 9.17) is 4.74 Å². The molecule has 0 saturated carbocycles. The fourth-order valence-electron chi connectivity index (χ4n) is 2.19. The van der Waals surface area contributed by atoms with Crippen molar-refractivity contribution in [3.8, 4) is 5.75 Å². The van der Waals surface area contributed by atoms with E-state index in [0.29, 0.717) is 17.4 Å². The fourth-order valence-corrected chi connectivity index (χ4v) is 3.22. The fraction of sp³-hybridized carbons (Fsp3) is 0.235. The van der Waals surface area contributed by atoms with Crippen molar-refractivity contribution in [1.29, 1.82) is 0 Å². The van der Waals surface area contributed by atoms with Crippen molar-refractivity contribution in [2.75, 3.05) is 13.7 Å². The predicted molar refractivity (Wildman–Crippen MR) is 91.5 cm³/mol. The molecular weight excluding hydrogens is 385 g/mol. The smallest absolute Gasteiger partial charge is 0.416 e. The number of methoxy groups -OCH3 is 1. The maximum Gasteiger partial charge on any atom is 0.416 e. The number of amides is 1. The minimum absolute atomic E-state index is 0.105. The SMILES string of the molecule is COc1ccccc1CNC(=O)CNS(=O)(=O)c1cccc(C(F)(F)F)c1. The Bertz CT molecular complexity index is 914. The van der Waals surface area contributed by atoms with Gasteiger partial charge < -0.3 is 10.1 Å². The minimum atomic E-state index is -4.67. The first-order valence-corrected chi connectivity index (χ1v) is 9.17. The number of benzene rings is 2. The van der Waals surface area contributed by atoms with Crippen molar-refractivity contribution in [1.82, 2.24) is 10.0 Å². The molecule has 0 unspecified atom stereocenters. The number of rotatable bonds is 7. The number of para-hydroxylation sites is 1. The van der Waals surface area contributed by atoms with E-state index >= 15 is 0 Å². The molecule has 6 nitrogen and oxygen atoms in total. The van der Waals surface area contributed by atoms with Gasteiger partial charge in [-0.25, -0.2) is 13.1 Å². The number of hydrogen-bond acceptors (Lipinski definition) is 4. The van der Waals surface area contributed by atoms with Gasteiger partial charge in [0, 0.05) is 12.1 Å². The summed E-state index contributed by atoms with van der Waals surface area (Å²) in [6, 6.07) is 10.2. The lowest BCUT2D eigenvalue weighted by Crippen LogP contribution is -2.36. The number of ether oxygens (including phenoxy) is 1. The highest BCUT2D eigenvalue weighted by Crippen LogP contribution is 2.30. The van der Waals surface area contributed by atoms with Gasteiger partial charge in [0.1, 0.15) is 5.75 Å². The molecule has 0 spiro atoms. The Morgan fingerprint density at radius 3 is 2.48 bits per heavy atom. The maximum atomic E-state index is 12.7. The van der Waals surface area contributed by atoms with Gasteiger partial charge in [-0.3, -0.25) is 4.79 Å². The number of nitrogens with one attached hydrogen (secondary N) is 2. The molecule has 0 heterocycles. The van der Waals surface area contributed by atoms with E-state index in [1.807, 2.05) is 4.72 Å². The van der Waals surface area contributed by atoms with Crippen molar-refractivity contribution in [3.05, 3.63) is 59.7 Å². The van der Waals surface area contributed by atoms with Crippen LogP contribution in [0.3, 0.4) is 0 Å². The minimum Gasteiger partial charge on any atom is -0.496 e. The molecule has 0 aromatic heterocycles. The molecule has 0 radical (unpaired) electrons. The van der Waals surface area contributed by atoms with Crippen LogP contribution in [0.4, 0.5) is 13.2 Å². The molecule has 146 valence electrons. The first kappa shape index (κ1) is 20.7. The van der Waals surface area contributed by atoms with Crippen molar-refractivity contribution in [2.45, 2.75) is 17.6 Å². The van der Waals surface area contributed by atoms with Crippen LogP contribution < -0.4 is 14.8 Å². The highest BCUT2D eigenvalue weighted by Gasteiger charge is 2.31. The lowest BCUT2D eigenvalue weighted by atomic mass is 10.2. The predicted octanol–water partition coefficient (Wildman–Crippen LogP) is 2.31. The van der Waals surface area contributed by atoms with Gasteiger partial charge in [0.2, 0.25) is 15.9 Å². The summed E-state index contributed by atoms with van der Waals surface area (Å²) in [6.07, 6.45) is -4.67. The van der Waals surface area contributed by atoms with Gasteiger partial charge in [0.25, 0.3) is 0 Å². The molecule has 2 rings (SSSR count). The lowest BCUT2D eigenvalue weighted by Gasteiger charge is -2.11. The third kappa shape index (κ3) is 5.69. The Morgan fingerprint density at radius 2 is 1.81 bits per heavy atom. The molecule has 0 aliphatic rings. The molecule has 2 aromatic rings. The highest BCUT2D eigenvalue weighted by molar-refractivity contribution is 7.89. The number of carbonyl (C=O) groups is 1. The zero-order chi connectivity index (χ0) is 20.1. The topological polar surface area (TPSA) is 84.5 Å². The van der Waals surface area contributed by atoms with Gasteiger partial charge in [-0.2, -0.15) is 13.2 Å². The number of alkyl halides is 3. The number of sulfonamides is 1. The Labute approximate surface area is 154 Å². The molecule has 2 N–H and O–H groups in total. The van der Waals surface area contributed by atoms with Gasteiger partial charge in [0.05, 0.1) is 24.1 Å². The molecule has 0 atom stereocenters. The molecule has 0 fully saturated rings. The molecule has 0 aliphatic heterocycles. The summed E-state index contributed by atoms with van der Waals surface area (Å²) < 4.78 is 69.4. The van der Waals surface area contributed by atoms with Crippen molar-refractivity contribution >= 4 is 15.9 Å². The zero-order valence-electron chi connectivity index (χ0n) is 14.2. The monoisotopic (exact) mass is 402 g/mol. The van der Waals surface area contributed by atoms with E-state index in [0.717, 1.165) is 18.2 Å². The molecule has 0 saturated heterocycles. The zero-order valence-corrected chi connectivity index (χ0v) is 15.0. The Kier molecular flexibility index (Phi) is 6.45. The number of hydrogen-bond donors (Lipinski definition) is 2. The van der Waals surface area contributed by atoms with Crippen LogP contribution in [0.2, 0.25) is 0 Å². The molecule has 0 aliphatic carbocycles. The van der Waals surface area contributed by atoms with E-state index in [1.54, 1.807) is 24.3 Å². The summed E-state index contributed by atoms with van der Waals surface area (Å²) in [4.78, 5) is 11.3. The van der Waals surface area contributed by atoms with Crippen LogP contribution in [0.15, 0.2) is 53.4 Å². The van der Waals surface area contributed by atoms with Gasteiger partial charge in [-0.05, 0) is 24.3 Å². The third-order valence-corrected chi connectivity index (χ3v) is 4.96. The summed E-state index contributed by atoms with van der Waals surface area (Å²) >= 11 is 0. The number of carbonyl (C=O) groups excluding carboxylic acids is 1. The Hall–Kier alpha value is -2.59. The van der Waals surface area contributed by atoms with E-state index in [2.05, 4.69) is 5.32 Å². The van der Waals surface area contributed by atoms with Crippen molar-refractivity contribution in [2.24, 2.45) is 0 Å². The average Bonchev–Trinajstić information content (AvgIpc) is 2.64. The summed E-state index contributed by atoms with van der Waals surface area (Å²) in [5.41, 5.74) is -0.403. The molecule has 10 heteroatoms. The number of halogens is 3. The van der Waals surface area contributed by atoms with E-state index < -0.39 is 39.1 Å². The highest BCUT2D eigenvalue weighted by atomic mass is 32.2. The summed E-state index contributed by atoms with van der Waals surface area (Å²) in [6.45, 7) is -0.512. The first-order valence-electron chi connectivity index (χ1n) is 7.69. The average molecular weight is 402 g/mol. The molecule has 1 amide bonds. The van der Waals surface area contributed by atoms with E-state index in [-0.39, 0.29) is 6.54 Å². The summed E-state index contributed by atoms with van der Waals surface area (Å²) in [5, 5.41) is 2.51. The maximum absolute atomic E-state index is 12.7. The summed E-state index contributed by atoms with van der Waals surface area (Å²) in [7, 11) is -2.79. The van der Waals surface area contributed by atoms with E-state index in [1.165, 1.54) is 7.11 Å². The van der Waals surface area contributed by atoms with E-state index in [9.17, 15) is 26.4 Å². The van der Waals surface area contributed by atoms with Crippen LogP contribution in [0.25, 0.3) is 0 Å². The second-order valence-electron chi connectivity index (χ2n) is 5.44. The normalized spacial score (nSPS) is 11.9. The second kappa shape index (κ2) is 8.40. The molecule has 0 bridgehead atoms. The Morgan fingerprint density at radius 1 is 1.11 bits per heavy atom. The summed E-state index contributed by atoms with van der Waals surface area (Å²) in [5.74, 6) is -0.0844. The van der Waals surface area contributed by atoms with Gasteiger partial charge >= 0.3 is 6.18 Å². The molecular formula is C17H17F3N2O4S. The standard InChI is InChI=1S/C17H17F3N2O4S/c1-26-15-8-3-2-5-12(15)10-21-16(23)11-22-27(24,25)14-7-4-6-13(9-14)17(18,19)20/h2-9,22H,10-11H2,1H3,(H,21,23). The van der Waals surface area contributed by atoms with Crippen molar-refractivity contribution in [3.63, 3.8) is 0 Å². The van der Waals surface area contributed by atoms with Crippen molar-refractivity contribution < 1.29 is 31.1 Å². The van der Waals surface area contributed by atoms with Gasteiger partial charge in [-0.1, -0.05) is 24.3 Å². The Balaban J connectivity index is 1.98. The van der Waals surface area contributed by atoms with Crippen LogP contribution in [0.1, 0.15) is 11.1 Å². The van der Waals surface area contributed by atoms with Crippen LogP contribution >= 0.6 is 0 Å². The largest absolute Gasteiger partial charge is 0.496 e. The third-order valence-electron chi connectivity index (χ3n) is 3.56. The van der Waals surface area contributed by atoms with Crippen LogP contribution in [-0.4, -0.2) is 28.0 Å². The van der Waals surface area contributed by atoms with Crippen LogP contribution in [-0.2, 0) is 27.5 Å².